The van der Waals surface area contributed by atoms with Crippen LogP contribution in [0.25, 0.3) is 0 Å². The third-order valence-corrected chi connectivity index (χ3v) is 3.30. The van der Waals surface area contributed by atoms with E-state index in [1.807, 2.05) is 0 Å². The van der Waals surface area contributed by atoms with Gasteiger partial charge in [-0.05, 0) is 24.3 Å². The average Bonchev–Trinajstić information content (AvgIpc) is 2.51. The number of hydrogen-bond donors (Lipinski definition) is 2. The van der Waals surface area contributed by atoms with Gasteiger partial charge in [0.15, 0.2) is 0 Å². The molecule has 0 spiro atoms. The molecule has 0 heterocycles. The molecule has 0 aromatic heterocycles. The molecular formula is C14H9Cl2N3O4. The van der Waals surface area contributed by atoms with E-state index in [0.29, 0.717) is 5.02 Å². The number of amides is 2. The van der Waals surface area contributed by atoms with Crippen molar-refractivity contribution in [2.75, 3.05) is 10.6 Å². The van der Waals surface area contributed by atoms with Gasteiger partial charge in [0.1, 0.15) is 5.69 Å². The van der Waals surface area contributed by atoms with Crippen LogP contribution in [-0.2, 0) is 9.59 Å². The van der Waals surface area contributed by atoms with Crippen LogP contribution < -0.4 is 10.6 Å². The second-order valence-electron chi connectivity index (χ2n) is 4.31. The zero-order valence-corrected chi connectivity index (χ0v) is 12.9. The van der Waals surface area contributed by atoms with E-state index in [1.165, 1.54) is 42.5 Å². The molecule has 0 aliphatic heterocycles. The lowest BCUT2D eigenvalue weighted by Crippen LogP contribution is -2.29. The van der Waals surface area contributed by atoms with Gasteiger partial charge in [0.2, 0.25) is 0 Å². The van der Waals surface area contributed by atoms with Crippen LogP contribution in [0, 0.1) is 10.1 Å². The summed E-state index contributed by atoms with van der Waals surface area (Å²) >= 11 is 11.7. The molecule has 2 rings (SSSR count). The van der Waals surface area contributed by atoms with Gasteiger partial charge in [-0.2, -0.15) is 0 Å². The number of hydrogen-bond acceptors (Lipinski definition) is 4. The average molecular weight is 354 g/mol. The Morgan fingerprint density at radius 2 is 1.57 bits per heavy atom. The monoisotopic (exact) mass is 353 g/mol. The third kappa shape index (κ3) is 4.18. The third-order valence-electron chi connectivity index (χ3n) is 2.73. The lowest BCUT2D eigenvalue weighted by molar-refractivity contribution is -0.383. The maximum absolute atomic E-state index is 11.9. The van der Waals surface area contributed by atoms with Crippen molar-refractivity contribution in [1.82, 2.24) is 0 Å². The summed E-state index contributed by atoms with van der Waals surface area (Å²) in [6.07, 6.45) is 0. The molecule has 0 aliphatic rings. The molecule has 2 N–H and O–H groups in total. The van der Waals surface area contributed by atoms with Gasteiger partial charge < -0.3 is 10.6 Å². The quantitative estimate of drug-likeness (QED) is 0.500. The number of nitrogens with zero attached hydrogens (tertiary/aromatic N) is 1. The SMILES string of the molecule is O=C(Nc1cc(Cl)ccc1Cl)C(=O)Nc1ccccc1[N+](=O)[O-]. The van der Waals surface area contributed by atoms with Crippen molar-refractivity contribution in [2.45, 2.75) is 0 Å². The Bertz CT molecular complexity index is 795. The molecule has 0 fully saturated rings. The van der Waals surface area contributed by atoms with Gasteiger partial charge in [0.25, 0.3) is 5.69 Å². The number of nitrogens with one attached hydrogen (secondary N) is 2. The van der Waals surface area contributed by atoms with Crippen LogP contribution >= 0.6 is 23.2 Å². The summed E-state index contributed by atoms with van der Waals surface area (Å²) in [5, 5.41) is 15.8. The highest BCUT2D eigenvalue weighted by atomic mass is 35.5. The molecular weight excluding hydrogens is 345 g/mol. The highest BCUT2D eigenvalue weighted by Crippen LogP contribution is 2.26. The molecule has 7 nitrogen and oxygen atoms in total. The summed E-state index contributed by atoms with van der Waals surface area (Å²) in [6.45, 7) is 0. The van der Waals surface area contributed by atoms with E-state index < -0.39 is 16.7 Å². The van der Waals surface area contributed by atoms with Crippen molar-refractivity contribution in [3.8, 4) is 0 Å². The van der Waals surface area contributed by atoms with Crippen LogP contribution in [0.5, 0.6) is 0 Å². The van der Waals surface area contributed by atoms with Crippen molar-refractivity contribution >= 4 is 52.1 Å². The van der Waals surface area contributed by atoms with Crippen molar-refractivity contribution in [1.29, 1.82) is 0 Å². The van der Waals surface area contributed by atoms with E-state index in [9.17, 15) is 19.7 Å². The van der Waals surface area contributed by atoms with Crippen molar-refractivity contribution in [3.63, 3.8) is 0 Å². The Hall–Kier alpha value is -2.64. The van der Waals surface area contributed by atoms with Gasteiger partial charge in [0.05, 0.1) is 15.6 Å². The number of carbonyl (C=O) groups is 2. The summed E-state index contributed by atoms with van der Waals surface area (Å²) in [5.74, 6) is -2.11. The number of carbonyl (C=O) groups excluding carboxylic acids is 2. The summed E-state index contributed by atoms with van der Waals surface area (Å²) in [6, 6.07) is 9.82. The zero-order valence-electron chi connectivity index (χ0n) is 11.4. The number of nitro benzene ring substituents is 1. The molecule has 0 aliphatic carbocycles. The molecule has 2 aromatic rings. The fraction of sp³-hybridized carbons (Fsp3) is 0. The van der Waals surface area contributed by atoms with E-state index in [-0.39, 0.29) is 22.1 Å². The Kier molecular flexibility index (Phi) is 5.15. The highest BCUT2D eigenvalue weighted by Gasteiger charge is 2.20. The van der Waals surface area contributed by atoms with Crippen LogP contribution in [0.2, 0.25) is 10.0 Å². The summed E-state index contributed by atoms with van der Waals surface area (Å²) in [7, 11) is 0. The van der Waals surface area contributed by atoms with E-state index in [2.05, 4.69) is 10.6 Å². The normalized spacial score (nSPS) is 10.0. The standard InChI is InChI=1S/C14H9Cl2N3O4/c15-8-5-6-9(16)11(7-8)18-14(21)13(20)17-10-3-1-2-4-12(10)19(22)23/h1-7H,(H,17,20)(H,18,21). The molecule has 2 aromatic carbocycles. The molecule has 0 saturated carbocycles. The number of halogens is 2. The van der Waals surface area contributed by atoms with E-state index in [1.54, 1.807) is 0 Å². The first-order valence-electron chi connectivity index (χ1n) is 6.19. The molecule has 9 heteroatoms. The van der Waals surface area contributed by atoms with Gasteiger partial charge in [-0.15, -0.1) is 0 Å². The lowest BCUT2D eigenvalue weighted by Gasteiger charge is -2.08. The van der Waals surface area contributed by atoms with Gasteiger partial charge in [-0.25, -0.2) is 0 Å². The molecule has 118 valence electrons. The molecule has 0 unspecified atom stereocenters. The van der Waals surface area contributed by atoms with Crippen LogP contribution in [0.4, 0.5) is 17.1 Å². The zero-order chi connectivity index (χ0) is 17.0. The van der Waals surface area contributed by atoms with Crippen LogP contribution in [0.15, 0.2) is 42.5 Å². The number of nitro groups is 1. The van der Waals surface area contributed by atoms with Crippen LogP contribution in [0.1, 0.15) is 0 Å². The van der Waals surface area contributed by atoms with E-state index in [4.69, 9.17) is 23.2 Å². The largest absolute Gasteiger partial charge is 0.316 e. The highest BCUT2D eigenvalue weighted by molar-refractivity contribution is 6.45. The lowest BCUT2D eigenvalue weighted by atomic mass is 10.2. The summed E-state index contributed by atoms with van der Waals surface area (Å²) in [5.41, 5.74) is -0.258. The molecule has 23 heavy (non-hydrogen) atoms. The fourth-order valence-corrected chi connectivity index (χ4v) is 2.03. The Labute approximate surface area is 140 Å². The Balaban J connectivity index is 2.14. The first kappa shape index (κ1) is 16.7. The minimum atomic E-state index is -1.07. The molecule has 0 atom stereocenters. The maximum atomic E-state index is 11.9. The van der Waals surface area contributed by atoms with Crippen LogP contribution in [0.3, 0.4) is 0 Å². The maximum Gasteiger partial charge on any atom is 0.314 e. The van der Waals surface area contributed by atoms with Crippen molar-refractivity contribution in [2.24, 2.45) is 0 Å². The Morgan fingerprint density at radius 1 is 0.957 bits per heavy atom. The molecule has 0 bridgehead atoms. The first-order chi connectivity index (χ1) is 10.9. The van der Waals surface area contributed by atoms with Gasteiger partial charge >= 0.3 is 11.8 Å². The van der Waals surface area contributed by atoms with Crippen molar-refractivity contribution < 1.29 is 14.5 Å². The minimum Gasteiger partial charge on any atom is -0.316 e. The van der Waals surface area contributed by atoms with Gasteiger partial charge in [0, 0.05) is 11.1 Å². The second kappa shape index (κ2) is 7.08. The van der Waals surface area contributed by atoms with E-state index in [0.717, 1.165) is 0 Å². The first-order valence-corrected chi connectivity index (χ1v) is 6.95. The Morgan fingerprint density at radius 3 is 2.22 bits per heavy atom. The number of para-hydroxylation sites is 2. The molecule has 0 saturated heterocycles. The van der Waals surface area contributed by atoms with E-state index >= 15 is 0 Å². The predicted molar refractivity (Wildman–Crippen MR) is 86.8 cm³/mol. The smallest absolute Gasteiger partial charge is 0.314 e. The fourth-order valence-electron chi connectivity index (χ4n) is 1.69. The topological polar surface area (TPSA) is 101 Å². The minimum absolute atomic E-state index is 0.0881. The number of rotatable bonds is 3. The molecule has 2 amide bonds. The summed E-state index contributed by atoms with van der Waals surface area (Å²) < 4.78 is 0. The second-order valence-corrected chi connectivity index (χ2v) is 5.15. The van der Waals surface area contributed by atoms with Gasteiger partial charge in [-0.1, -0.05) is 35.3 Å². The summed E-state index contributed by atoms with van der Waals surface area (Å²) in [4.78, 5) is 33.9. The molecule has 0 radical (unpaired) electrons. The van der Waals surface area contributed by atoms with Crippen molar-refractivity contribution in [3.05, 3.63) is 62.6 Å². The predicted octanol–water partition coefficient (Wildman–Crippen LogP) is 3.48. The van der Waals surface area contributed by atoms with Crippen LogP contribution in [-0.4, -0.2) is 16.7 Å². The van der Waals surface area contributed by atoms with Gasteiger partial charge in [-0.3, -0.25) is 19.7 Å². The number of benzene rings is 2. The number of anilines is 2.